The number of sulfone groups is 1. The molecule has 0 aromatic rings. The Bertz CT molecular complexity index is 381. The van der Waals surface area contributed by atoms with E-state index in [2.05, 4.69) is 24.1 Å². The molecule has 1 heterocycles. The highest BCUT2D eigenvalue weighted by Crippen LogP contribution is 2.26. The lowest BCUT2D eigenvalue weighted by atomic mass is 9.84. The van der Waals surface area contributed by atoms with Crippen LogP contribution in [0.1, 0.15) is 39.5 Å². The van der Waals surface area contributed by atoms with E-state index < -0.39 is 9.84 Å². The molecule has 1 saturated carbocycles. The van der Waals surface area contributed by atoms with Crippen molar-refractivity contribution in [1.29, 1.82) is 0 Å². The quantitative estimate of drug-likeness (QED) is 0.846. The lowest BCUT2D eigenvalue weighted by molar-refractivity contribution is 0.145. The summed E-state index contributed by atoms with van der Waals surface area (Å²) in [6.07, 6.45) is 5.22. The van der Waals surface area contributed by atoms with E-state index in [1.165, 1.54) is 25.7 Å². The lowest BCUT2D eigenvalue weighted by Crippen LogP contribution is -2.51. The van der Waals surface area contributed by atoms with Gasteiger partial charge in [-0.05, 0) is 32.2 Å². The highest BCUT2D eigenvalue weighted by Gasteiger charge is 2.32. The summed E-state index contributed by atoms with van der Waals surface area (Å²) in [5.74, 6) is 1.37. The van der Waals surface area contributed by atoms with Crippen LogP contribution in [0.4, 0.5) is 0 Å². The van der Waals surface area contributed by atoms with E-state index in [9.17, 15) is 8.42 Å². The molecule has 0 radical (unpaired) electrons. The predicted octanol–water partition coefficient (Wildman–Crippen LogP) is 1.27. The molecule has 1 saturated heterocycles. The van der Waals surface area contributed by atoms with Crippen LogP contribution in [0.3, 0.4) is 0 Å². The van der Waals surface area contributed by atoms with E-state index in [1.54, 1.807) is 0 Å². The molecule has 112 valence electrons. The third kappa shape index (κ3) is 4.17. The van der Waals surface area contributed by atoms with Gasteiger partial charge >= 0.3 is 0 Å². The molecule has 2 aliphatic rings. The molecule has 19 heavy (non-hydrogen) atoms. The third-order valence-electron chi connectivity index (χ3n) is 4.65. The fraction of sp³-hybridized carbons (Fsp3) is 1.00. The van der Waals surface area contributed by atoms with Crippen molar-refractivity contribution < 1.29 is 8.42 Å². The zero-order valence-electron chi connectivity index (χ0n) is 12.3. The minimum absolute atomic E-state index is 0.183. The molecule has 2 rings (SSSR count). The molecule has 3 atom stereocenters. The second-order valence-corrected chi connectivity index (χ2v) is 8.40. The SMILES string of the molecule is CCNC1CCCCC1CN1CCS(=O)(=O)CC1C. The first-order valence-corrected chi connectivity index (χ1v) is 9.52. The summed E-state index contributed by atoms with van der Waals surface area (Å²) in [5, 5.41) is 3.61. The summed E-state index contributed by atoms with van der Waals surface area (Å²) in [7, 11) is -2.79. The molecule has 0 spiro atoms. The van der Waals surface area contributed by atoms with Crippen LogP contribution < -0.4 is 5.32 Å². The zero-order valence-corrected chi connectivity index (χ0v) is 13.1. The van der Waals surface area contributed by atoms with Crippen molar-refractivity contribution in [3.8, 4) is 0 Å². The first kappa shape index (κ1) is 15.3. The normalized spacial score (nSPS) is 36.2. The van der Waals surface area contributed by atoms with Gasteiger partial charge < -0.3 is 5.32 Å². The van der Waals surface area contributed by atoms with Gasteiger partial charge in [-0.3, -0.25) is 4.90 Å². The third-order valence-corrected chi connectivity index (χ3v) is 6.45. The molecule has 0 bridgehead atoms. The molecule has 0 aromatic heterocycles. The molecule has 2 fully saturated rings. The topological polar surface area (TPSA) is 49.4 Å². The van der Waals surface area contributed by atoms with Gasteiger partial charge in [0.25, 0.3) is 0 Å². The maximum atomic E-state index is 11.6. The van der Waals surface area contributed by atoms with Crippen LogP contribution in [0.25, 0.3) is 0 Å². The van der Waals surface area contributed by atoms with Crippen LogP contribution >= 0.6 is 0 Å². The molecular weight excluding hydrogens is 260 g/mol. The van der Waals surface area contributed by atoms with Crippen molar-refractivity contribution in [1.82, 2.24) is 10.2 Å². The fourth-order valence-electron chi connectivity index (χ4n) is 3.56. The largest absolute Gasteiger partial charge is 0.314 e. The van der Waals surface area contributed by atoms with Crippen LogP contribution in [0.2, 0.25) is 0 Å². The van der Waals surface area contributed by atoms with E-state index in [0.717, 1.165) is 19.6 Å². The maximum absolute atomic E-state index is 11.6. The molecular formula is C14H28N2O2S. The summed E-state index contributed by atoms with van der Waals surface area (Å²) in [5.41, 5.74) is 0. The average molecular weight is 288 g/mol. The molecule has 0 aromatic carbocycles. The second kappa shape index (κ2) is 6.55. The van der Waals surface area contributed by atoms with Crippen LogP contribution in [-0.2, 0) is 9.84 Å². The Kier molecular flexibility index (Phi) is 5.26. The van der Waals surface area contributed by atoms with Gasteiger partial charge in [-0.2, -0.15) is 0 Å². The first-order chi connectivity index (χ1) is 9.02. The van der Waals surface area contributed by atoms with Gasteiger partial charge in [-0.1, -0.05) is 19.8 Å². The Morgan fingerprint density at radius 1 is 1.26 bits per heavy atom. The van der Waals surface area contributed by atoms with Crippen molar-refractivity contribution in [3.05, 3.63) is 0 Å². The van der Waals surface area contributed by atoms with Gasteiger partial charge in [0.1, 0.15) is 0 Å². The summed E-state index contributed by atoms with van der Waals surface area (Å²) < 4.78 is 23.3. The molecule has 5 heteroatoms. The minimum Gasteiger partial charge on any atom is -0.314 e. The van der Waals surface area contributed by atoms with E-state index in [1.807, 2.05) is 0 Å². The van der Waals surface area contributed by atoms with Crippen molar-refractivity contribution in [2.45, 2.75) is 51.6 Å². The van der Waals surface area contributed by atoms with Crippen LogP contribution in [0, 0.1) is 5.92 Å². The fourth-order valence-corrected chi connectivity index (χ4v) is 5.19. The highest BCUT2D eigenvalue weighted by molar-refractivity contribution is 7.91. The van der Waals surface area contributed by atoms with Gasteiger partial charge in [0.05, 0.1) is 11.5 Å². The Balaban J connectivity index is 1.92. The number of rotatable bonds is 4. The number of nitrogens with zero attached hydrogens (tertiary/aromatic N) is 1. The maximum Gasteiger partial charge on any atom is 0.153 e. The summed E-state index contributed by atoms with van der Waals surface area (Å²) in [6.45, 7) is 7.04. The van der Waals surface area contributed by atoms with Crippen molar-refractivity contribution in [2.75, 3.05) is 31.1 Å². The van der Waals surface area contributed by atoms with Crippen LogP contribution in [-0.4, -0.2) is 56.5 Å². The molecule has 1 aliphatic heterocycles. The Morgan fingerprint density at radius 2 is 2.00 bits per heavy atom. The monoisotopic (exact) mass is 288 g/mol. The van der Waals surface area contributed by atoms with Crippen molar-refractivity contribution in [2.24, 2.45) is 5.92 Å². The first-order valence-electron chi connectivity index (χ1n) is 7.69. The van der Waals surface area contributed by atoms with Crippen LogP contribution in [0.15, 0.2) is 0 Å². The zero-order chi connectivity index (χ0) is 13.9. The van der Waals surface area contributed by atoms with E-state index in [4.69, 9.17) is 0 Å². The van der Waals surface area contributed by atoms with Gasteiger partial charge in [0, 0.05) is 25.2 Å². The van der Waals surface area contributed by atoms with Crippen molar-refractivity contribution in [3.63, 3.8) is 0 Å². The smallest absolute Gasteiger partial charge is 0.153 e. The number of hydrogen-bond donors (Lipinski definition) is 1. The molecule has 1 aliphatic carbocycles. The number of hydrogen-bond acceptors (Lipinski definition) is 4. The Labute approximate surface area is 117 Å². The lowest BCUT2D eigenvalue weighted by Gasteiger charge is -2.40. The predicted molar refractivity (Wildman–Crippen MR) is 79.1 cm³/mol. The minimum atomic E-state index is -2.79. The Hall–Kier alpha value is -0.130. The van der Waals surface area contributed by atoms with Gasteiger partial charge in [-0.25, -0.2) is 8.42 Å². The average Bonchev–Trinajstić information content (AvgIpc) is 2.35. The van der Waals surface area contributed by atoms with E-state index in [-0.39, 0.29) is 6.04 Å². The van der Waals surface area contributed by atoms with Crippen molar-refractivity contribution >= 4 is 9.84 Å². The van der Waals surface area contributed by atoms with Gasteiger partial charge in [-0.15, -0.1) is 0 Å². The number of nitrogens with one attached hydrogen (secondary N) is 1. The standard InChI is InChI=1S/C14H28N2O2S/c1-3-15-14-7-5-4-6-13(14)10-16-8-9-19(17,18)11-12(16)2/h12-15H,3-11H2,1-2H3. The molecule has 4 nitrogen and oxygen atoms in total. The van der Waals surface area contributed by atoms with E-state index in [0.29, 0.717) is 23.5 Å². The molecule has 0 amide bonds. The molecule has 1 N–H and O–H groups in total. The summed E-state index contributed by atoms with van der Waals surface area (Å²) in [4.78, 5) is 2.39. The highest BCUT2D eigenvalue weighted by atomic mass is 32.2. The van der Waals surface area contributed by atoms with Crippen LogP contribution in [0.5, 0.6) is 0 Å². The van der Waals surface area contributed by atoms with Gasteiger partial charge in [0.2, 0.25) is 0 Å². The molecule has 3 unspecified atom stereocenters. The van der Waals surface area contributed by atoms with E-state index >= 15 is 0 Å². The van der Waals surface area contributed by atoms with Gasteiger partial charge in [0.15, 0.2) is 9.84 Å². The Morgan fingerprint density at radius 3 is 2.68 bits per heavy atom. The summed E-state index contributed by atoms with van der Waals surface area (Å²) >= 11 is 0. The summed E-state index contributed by atoms with van der Waals surface area (Å²) in [6, 6.07) is 0.812. The second-order valence-electron chi connectivity index (χ2n) is 6.17.